The smallest absolute Gasteiger partial charge is 0.254 e. The summed E-state index contributed by atoms with van der Waals surface area (Å²) in [6, 6.07) is 18.6. The molecule has 1 aliphatic heterocycles. The fraction of sp³-hybridized carbons (Fsp3) is 0.250. The highest BCUT2D eigenvalue weighted by molar-refractivity contribution is 6.33. The summed E-state index contributed by atoms with van der Waals surface area (Å²) in [5, 5.41) is 5.21. The van der Waals surface area contributed by atoms with Crippen molar-refractivity contribution < 1.29 is 14.3 Å². The largest absolute Gasteiger partial charge is 0.496 e. The minimum atomic E-state index is -0.141. The van der Waals surface area contributed by atoms with E-state index >= 15 is 0 Å². The van der Waals surface area contributed by atoms with Gasteiger partial charge in [0.1, 0.15) is 5.75 Å². The Morgan fingerprint density at radius 1 is 0.967 bits per heavy atom. The highest BCUT2D eigenvalue weighted by Crippen LogP contribution is 2.30. The average molecular weight is 423 g/mol. The van der Waals surface area contributed by atoms with Crippen LogP contribution in [0, 0.1) is 5.92 Å². The molecule has 0 aliphatic carbocycles. The number of carbonyl (C=O) groups is 2. The van der Waals surface area contributed by atoms with Gasteiger partial charge >= 0.3 is 0 Å². The van der Waals surface area contributed by atoms with Crippen LogP contribution in [0.2, 0.25) is 5.02 Å². The maximum absolute atomic E-state index is 13.2. The van der Waals surface area contributed by atoms with E-state index in [1.807, 2.05) is 53.4 Å². The van der Waals surface area contributed by atoms with Crippen LogP contribution < -0.4 is 10.1 Å². The number of benzene rings is 3. The zero-order valence-electron chi connectivity index (χ0n) is 16.7. The summed E-state index contributed by atoms with van der Waals surface area (Å²) in [6.45, 7) is 1.08. The molecule has 1 saturated heterocycles. The number of piperidine rings is 1. The molecule has 0 bridgehead atoms. The van der Waals surface area contributed by atoms with Gasteiger partial charge in [0, 0.05) is 30.0 Å². The molecule has 0 spiro atoms. The molecule has 3 aromatic rings. The molecular formula is C24H23ClN2O3. The first kappa shape index (κ1) is 20.2. The summed E-state index contributed by atoms with van der Waals surface area (Å²) in [4.78, 5) is 27.6. The summed E-state index contributed by atoms with van der Waals surface area (Å²) in [5.41, 5.74) is 1.28. The highest BCUT2D eigenvalue weighted by Gasteiger charge is 2.29. The Hall–Kier alpha value is -3.05. The second-order valence-corrected chi connectivity index (χ2v) is 7.80. The number of fused-ring (bicyclic) bond motifs is 1. The van der Waals surface area contributed by atoms with Crippen molar-refractivity contribution >= 4 is 39.9 Å². The van der Waals surface area contributed by atoms with Crippen LogP contribution in [0.1, 0.15) is 23.2 Å². The van der Waals surface area contributed by atoms with Crippen LogP contribution in [-0.2, 0) is 4.79 Å². The lowest BCUT2D eigenvalue weighted by Crippen LogP contribution is -2.41. The Bertz CT molecular complexity index is 1090. The molecule has 0 radical (unpaired) electrons. The van der Waals surface area contributed by atoms with Gasteiger partial charge in [-0.1, -0.05) is 48.0 Å². The van der Waals surface area contributed by atoms with Gasteiger partial charge in [0.15, 0.2) is 0 Å². The van der Waals surface area contributed by atoms with E-state index in [0.717, 1.165) is 16.5 Å². The number of likely N-dealkylation sites (tertiary alicyclic amines) is 1. The molecule has 30 heavy (non-hydrogen) atoms. The van der Waals surface area contributed by atoms with E-state index in [1.54, 1.807) is 19.2 Å². The Labute approximate surface area is 180 Å². The minimum absolute atomic E-state index is 0.0150. The molecule has 1 aliphatic rings. The lowest BCUT2D eigenvalue weighted by Gasteiger charge is -2.31. The van der Waals surface area contributed by atoms with E-state index in [2.05, 4.69) is 5.32 Å². The molecule has 1 N–H and O–H groups in total. The fourth-order valence-electron chi connectivity index (χ4n) is 3.95. The van der Waals surface area contributed by atoms with Crippen molar-refractivity contribution in [3.63, 3.8) is 0 Å². The molecule has 5 nitrogen and oxygen atoms in total. The van der Waals surface area contributed by atoms with Crippen molar-refractivity contribution in [1.29, 1.82) is 0 Å². The third kappa shape index (κ3) is 3.98. The number of ether oxygens (including phenoxy) is 1. The summed E-state index contributed by atoms with van der Waals surface area (Å²) in [5.74, 6) is 0.541. The van der Waals surface area contributed by atoms with E-state index in [9.17, 15) is 9.59 Å². The third-order valence-corrected chi connectivity index (χ3v) is 5.95. The minimum Gasteiger partial charge on any atom is -0.496 e. The number of halogens is 1. The standard InChI is InChI=1S/C24H23ClN2O3/c1-30-22-11-10-19(17-6-2-3-7-18(17)22)24(29)27-14-12-16(13-15-27)23(28)26-21-9-5-4-8-20(21)25/h2-11,16H,12-15H2,1H3,(H,26,28). The summed E-state index contributed by atoms with van der Waals surface area (Å²) in [7, 11) is 1.63. The van der Waals surface area contributed by atoms with Crippen LogP contribution in [0.4, 0.5) is 5.69 Å². The number of nitrogens with zero attached hydrogens (tertiary/aromatic N) is 1. The molecular weight excluding hydrogens is 400 g/mol. The SMILES string of the molecule is COc1ccc(C(=O)N2CCC(C(=O)Nc3ccccc3Cl)CC2)c2ccccc12. The fourth-order valence-corrected chi connectivity index (χ4v) is 4.13. The second kappa shape index (κ2) is 8.76. The topological polar surface area (TPSA) is 58.6 Å². The van der Waals surface area contributed by atoms with Crippen molar-refractivity contribution in [3.05, 3.63) is 71.2 Å². The van der Waals surface area contributed by atoms with E-state index in [-0.39, 0.29) is 17.7 Å². The summed E-state index contributed by atoms with van der Waals surface area (Å²) in [6.07, 6.45) is 1.24. The molecule has 4 rings (SSSR count). The molecule has 2 amide bonds. The normalized spacial score (nSPS) is 14.5. The van der Waals surface area contributed by atoms with Gasteiger partial charge in [-0.2, -0.15) is 0 Å². The first-order valence-electron chi connectivity index (χ1n) is 9.99. The first-order valence-corrected chi connectivity index (χ1v) is 10.4. The molecule has 0 saturated carbocycles. The van der Waals surface area contributed by atoms with E-state index in [0.29, 0.717) is 42.2 Å². The van der Waals surface area contributed by atoms with Crippen molar-refractivity contribution in [2.45, 2.75) is 12.8 Å². The lowest BCUT2D eigenvalue weighted by atomic mass is 9.94. The number of hydrogen-bond acceptors (Lipinski definition) is 3. The van der Waals surface area contributed by atoms with Gasteiger partial charge in [-0.25, -0.2) is 0 Å². The quantitative estimate of drug-likeness (QED) is 0.644. The lowest BCUT2D eigenvalue weighted by molar-refractivity contribution is -0.121. The summed E-state index contributed by atoms with van der Waals surface area (Å²) >= 11 is 6.13. The highest BCUT2D eigenvalue weighted by atomic mass is 35.5. The Kier molecular flexibility index (Phi) is 5.91. The molecule has 3 aromatic carbocycles. The van der Waals surface area contributed by atoms with Crippen LogP contribution in [0.25, 0.3) is 10.8 Å². The van der Waals surface area contributed by atoms with Gasteiger partial charge in [0.2, 0.25) is 5.91 Å². The van der Waals surface area contributed by atoms with Gasteiger partial charge in [-0.05, 0) is 42.5 Å². The molecule has 6 heteroatoms. The number of hydrogen-bond donors (Lipinski definition) is 1. The second-order valence-electron chi connectivity index (χ2n) is 7.40. The van der Waals surface area contributed by atoms with Crippen molar-refractivity contribution in [2.75, 3.05) is 25.5 Å². The average Bonchev–Trinajstić information content (AvgIpc) is 2.79. The number of anilines is 1. The van der Waals surface area contributed by atoms with Gasteiger partial charge in [-0.15, -0.1) is 0 Å². The Balaban J connectivity index is 1.44. The van der Waals surface area contributed by atoms with Gasteiger partial charge < -0.3 is 15.0 Å². The molecule has 0 aromatic heterocycles. The number of para-hydroxylation sites is 1. The predicted molar refractivity (Wildman–Crippen MR) is 119 cm³/mol. The number of carbonyl (C=O) groups excluding carboxylic acids is 2. The number of rotatable bonds is 4. The van der Waals surface area contributed by atoms with Crippen molar-refractivity contribution in [1.82, 2.24) is 4.90 Å². The van der Waals surface area contributed by atoms with Crippen molar-refractivity contribution in [2.24, 2.45) is 5.92 Å². The van der Waals surface area contributed by atoms with E-state index in [1.165, 1.54) is 0 Å². The molecule has 1 heterocycles. The van der Waals surface area contributed by atoms with Crippen molar-refractivity contribution in [3.8, 4) is 5.75 Å². The monoisotopic (exact) mass is 422 g/mol. The van der Waals surface area contributed by atoms with Crippen LogP contribution in [0.15, 0.2) is 60.7 Å². The molecule has 0 atom stereocenters. The van der Waals surface area contributed by atoms with Crippen LogP contribution in [0.3, 0.4) is 0 Å². The van der Waals surface area contributed by atoms with Crippen LogP contribution in [-0.4, -0.2) is 36.9 Å². The van der Waals surface area contributed by atoms with E-state index in [4.69, 9.17) is 16.3 Å². The van der Waals surface area contributed by atoms with Gasteiger partial charge in [-0.3, -0.25) is 9.59 Å². The summed E-state index contributed by atoms with van der Waals surface area (Å²) < 4.78 is 5.43. The zero-order valence-corrected chi connectivity index (χ0v) is 17.5. The van der Waals surface area contributed by atoms with E-state index < -0.39 is 0 Å². The first-order chi connectivity index (χ1) is 14.6. The Morgan fingerprint density at radius 2 is 1.63 bits per heavy atom. The van der Waals surface area contributed by atoms with Gasteiger partial charge in [0.25, 0.3) is 5.91 Å². The maximum atomic E-state index is 13.2. The maximum Gasteiger partial charge on any atom is 0.254 e. The number of amides is 2. The molecule has 1 fully saturated rings. The Morgan fingerprint density at radius 3 is 2.33 bits per heavy atom. The molecule has 0 unspecified atom stereocenters. The van der Waals surface area contributed by atoms with Gasteiger partial charge in [0.05, 0.1) is 17.8 Å². The zero-order chi connectivity index (χ0) is 21.1. The van der Waals surface area contributed by atoms with Crippen LogP contribution >= 0.6 is 11.6 Å². The third-order valence-electron chi connectivity index (χ3n) is 5.62. The van der Waals surface area contributed by atoms with Crippen LogP contribution in [0.5, 0.6) is 5.75 Å². The number of nitrogens with one attached hydrogen (secondary N) is 1. The number of methoxy groups -OCH3 is 1. The predicted octanol–water partition coefficient (Wildman–Crippen LogP) is 4.99. The molecule has 154 valence electrons.